The summed E-state index contributed by atoms with van der Waals surface area (Å²) in [5.74, 6) is -1.36. The van der Waals surface area contributed by atoms with Crippen molar-refractivity contribution in [3.05, 3.63) is 100 Å². The summed E-state index contributed by atoms with van der Waals surface area (Å²) in [5, 5.41) is 3.33. The molecule has 0 unspecified atom stereocenters. The maximum atomic E-state index is 14.5. The second-order valence-corrected chi connectivity index (χ2v) is 11.8. The maximum Gasteiger partial charge on any atom is 0.416 e. The van der Waals surface area contributed by atoms with E-state index in [1.165, 1.54) is 31.2 Å². The predicted molar refractivity (Wildman–Crippen MR) is 142 cm³/mol. The summed E-state index contributed by atoms with van der Waals surface area (Å²) in [5.41, 5.74) is 1.37. The van der Waals surface area contributed by atoms with E-state index in [0.717, 1.165) is 17.6 Å². The molecular weight excluding hydrogens is 532 g/mol. The fourth-order valence-corrected chi connectivity index (χ4v) is 5.53. The van der Waals surface area contributed by atoms with Gasteiger partial charge in [-0.3, -0.25) is 4.79 Å². The fraction of sp³-hybridized carbons (Fsp3) is 0.276. The van der Waals surface area contributed by atoms with E-state index in [1.807, 2.05) is 18.4 Å². The van der Waals surface area contributed by atoms with Crippen molar-refractivity contribution in [1.82, 2.24) is 9.88 Å². The van der Waals surface area contributed by atoms with Gasteiger partial charge in [0.25, 0.3) is 5.91 Å². The van der Waals surface area contributed by atoms with Crippen LogP contribution in [0.15, 0.2) is 71.6 Å². The monoisotopic (exact) mass is 560 g/mol. The highest BCUT2D eigenvalue weighted by molar-refractivity contribution is 7.91. The molecule has 1 aromatic heterocycles. The third kappa shape index (κ3) is 6.00. The lowest BCUT2D eigenvalue weighted by Crippen LogP contribution is -2.23. The van der Waals surface area contributed by atoms with Crippen molar-refractivity contribution in [2.24, 2.45) is 0 Å². The molecule has 4 aromatic rings. The van der Waals surface area contributed by atoms with Gasteiger partial charge in [0.1, 0.15) is 5.82 Å². The second-order valence-electron chi connectivity index (χ2n) is 9.54. The van der Waals surface area contributed by atoms with E-state index in [1.54, 1.807) is 30.3 Å². The number of rotatable bonds is 8. The molecule has 0 aliphatic rings. The van der Waals surface area contributed by atoms with Crippen molar-refractivity contribution in [2.45, 2.75) is 50.9 Å². The number of fused-ring (bicyclic) bond motifs is 1. The minimum atomic E-state index is -4.47. The van der Waals surface area contributed by atoms with Crippen molar-refractivity contribution in [1.29, 1.82) is 0 Å². The Bertz CT molecular complexity index is 1640. The molecule has 1 N–H and O–H groups in total. The van der Waals surface area contributed by atoms with Crippen LogP contribution in [0.5, 0.6) is 0 Å². The van der Waals surface area contributed by atoms with Crippen molar-refractivity contribution >= 4 is 26.6 Å². The van der Waals surface area contributed by atoms with Gasteiger partial charge in [-0.15, -0.1) is 0 Å². The molecule has 0 radical (unpaired) electrons. The molecular formula is C29H28F4N2O3S. The first-order valence-corrected chi connectivity index (χ1v) is 14.1. The Balaban J connectivity index is 1.59. The number of alkyl halides is 3. The van der Waals surface area contributed by atoms with Gasteiger partial charge in [0, 0.05) is 46.7 Å². The minimum absolute atomic E-state index is 0.0438. The maximum absolute atomic E-state index is 14.5. The van der Waals surface area contributed by atoms with Crippen molar-refractivity contribution in [3.63, 3.8) is 0 Å². The molecule has 206 valence electrons. The lowest BCUT2D eigenvalue weighted by atomic mass is 10.0. The van der Waals surface area contributed by atoms with E-state index in [-0.39, 0.29) is 40.8 Å². The molecule has 0 saturated carbocycles. The van der Waals surface area contributed by atoms with Crippen LogP contribution in [0, 0.1) is 5.82 Å². The summed E-state index contributed by atoms with van der Waals surface area (Å²) in [6, 6.07) is 15.8. The first-order valence-electron chi connectivity index (χ1n) is 12.4. The lowest BCUT2D eigenvalue weighted by Gasteiger charge is -2.17. The molecule has 5 nitrogen and oxygen atoms in total. The molecule has 1 amide bonds. The third-order valence-corrected chi connectivity index (χ3v) is 8.33. The number of aromatic nitrogens is 1. The van der Waals surface area contributed by atoms with Gasteiger partial charge in [0.2, 0.25) is 0 Å². The molecule has 4 rings (SSSR count). The molecule has 0 aliphatic heterocycles. The molecule has 3 aromatic carbocycles. The molecule has 1 heterocycles. The Morgan fingerprint density at radius 1 is 0.974 bits per heavy atom. The molecule has 39 heavy (non-hydrogen) atoms. The van der Waals surface area contributed by atoms with Gasteiger partial charge in [-0.05, 0) is 61.9 Å². The summed E-state index contributed by atoms with van der Waals surface area (Å²) in [4.78, 5) is 12.7. The highest BCUT2D eigenvalue weighted by atomic mass is 32.2. The minimum Gasteiger partial charge on any atom is -0.348 e. The van der Waals surface area contributed by atoms with E-state index in [0.29, 0.717) is 16.6 Å². The summed E-state index contributed by atoms with van der Waals surface area (Å²) >= 11 is 0. The van der Waals surface area contributed by atoms with Crippen LogP contribution in [0.4, 0.5) is 17.6 Å². The molecule has 0 bridgehead atoms. The summed E-state index contributed by atoms with van der Waals surface area (Å²) in [7, 11) is -3.56. The highest BCUT2D eigenvalue weighted by Gasteiger charge is 2.33. The SMILES string of the molecule is CCS(=O)(=O)c1ccc(CNC(=O)c2ccc3c(c2)cc(Cc2ccccc2C(F)(F)F)n3C(C)C)c(F)c1. The number of nitrogens with zero attached hydrogens (tertiary/aromatic N) is 1. The van der Waals surface area contributed by atoms with Crippen molar-refractivity contribution < 1.29 is 30.8 Å². The van der Waals surface area contributed by atoms with E-state index in [4.69, 9.17) is 0 Å². The number of carbonyl (C=O) groups is 1. The number of amides is 1. The smallest absolute Gasteiger partial charge is 0.348 e. The number of hydrogen-bond donors (Lipinski definition) is 1. The average Bonchev–Trinajstić information content (AvgIpc) is 3.24. The number of hydrogen-bond acceptors (Lipinski definition) is 3. The van der Waals surface area contributed by atoms with Crippen LogP contribution in [-0.4, -0.2) is 24.6 Å². The van der Waals surface area contributed by atoms with Crippen LogP contribution in [0.2, 0.25) is 0 Å². The topological polar surface area (TPSA) is 68.2 Å². The highest BCUT2D eigenvalue weighted by Crippen LogP contribution is 2.34. The van der Waals surface area contributed by atoms with Crippen LogP contribution >= 0.6 is 0 Å². The molecule has 0 atom stereocenters. The first-order chi connectivity index (χ1) is 18.3. The summed E-state index contributed by atoms with van der Waals surface area (Å²) < 4.78 is 81.1. The van der Waals surface area contributed by atoms with Gasteiger partial charge in [-0.25, -0.2) is 12.8 Å². The second kappa shape index (κ2) is 10.8. The standard InChI is InChI=1S/C29H28F4N2O3S/c1-4-39(37,38)24-11-9-21(26(30)16-24)17-34-28(36)20-10-12-27-22(13-20)15-23(35(27)18(2)3)14-19-7-5-6-8-25(19)29(31,32)33/h5-13,15-16,18H,4,14,17H2,1-3H3,(H,34,36). The van der Waals surface area contributed by atoms with Gasteiger partial charge in [0.15, 0.2) is 9.84 Å². The van der Waals surface area contributed by atoms with Crippen LogP contribution in [0.25, 0.3) is 10.9 Å². The zero-order chi connectivity index (χ0) is 28.5. The quantitative estimate of drug-likeness (QED) is 0.244. The summed E-state index contributed by atoms with van der Waals surface area (Å²) in [6.07, 6.45) is -4.41. The van der Waals surface area contributed by atoms with Gasteiger partial charge in [0.05, 0.1) is 16.2 Å². The predicted octanol–water partition coefficient (Wildman–Crippen LogP) is 6.69. The Labute approximate surface area is 224 Å². The van der Waals surface area contributed by atoms with E-state index >= 15 is 0 Å². The molecule has 0 saturated heterocycles. The lowest BCUT2D eigenvalue weighted by molar-refractivity contribution is -0.138. The number of benzene rings is 3. The van der Waals surface area contributed by atoms with E-state index in [2.05, 4.69) is 5.32 Å². The van der Waals surface area contributed by atoms with E-state index < -0.39 is 33.3 Å². The first kappa shape index (κ1) is 28.4. The Kier molecular flexibility index (Phi) is 7.88. The number of carbonyl (C=O) groups excluding carboxylic acids is 1. The zero-order valence-electron chi connectivity index (χ0n) is 21.6. The normalized spacial score (nSPS) is 12.3. The summed E-state index contributed by atoms with van der Waals surface area (Å²) in [6.45, 7) is 5.19. The van der Waals surface area contributed by atoms with Crippen LogP contribution in [0.1, 0.15) is 59.6 Å². The third-order valence-electron chi connectivity index (χ3n) is 6.59. The van der Waals surface area contributed by atoms with Gasteiger partial charge >= 0.3 is 6.18 Å². The largest absolute Gasteiger partial charge is 0.416 e. The van der Waals surface area contributed by atoms with Crippen molar-refractivity contribution in [3.8, 4) is 0 Å². The average molecular weight is 561 g/mol. The van der Waals surface area contributed by atoms with Crippen LogP contribution in [0.3, 0.4) is 0 Å². The van der Waals surface area contributed by atoms with Crippen LogP contribution < -0.4 is 5.32 Å². The van der Waals surface area contributed by atoms with Gasteiger partial charge in [-0.1, -0.05) is 31.2 Å². The Morgan fingerprint density at radius 2 is 1.69 bits per heavy atom. The molecule has 0 spiro atoms. The van der Waals surface area contributed by atoms with Crippen LogP contribution in [-0.2, 0) is 29.0 Å². The van der Waals surface area contributed by atoms with E-state index in [9.17, 15) is 30.8 Å². The Morgan fingerprint density at radius 3 is 2.33 bits per heavy atom. The number of sulfone groups is 1. The van der Waals surface area contributed by atoms with Gasteiger partial charge < -0.3 is 9.88 Å². The number of nitrogens with one attached hydrogen (secondary N) is 1. The molecule has 10 heteroatoms. The molecule has 0 fully saturated rings. The molecule has 0 aliphatic carbocycles. The Hall–Kier alpha value is -3.66. The zero-order valence-corrected chi connectivity index (χ0v) is 22.5. The van der Waals surface area contributed by atoms with Crippen molar-refractivity contribution in [2.75, 3.05) is 5.75 Å². The fourth-order valence-electron chi connectivity index (χ4n) is 4.64. The van der Waals surface area contributed by atoms with Gasteiger partial charge in [-0.2, -0.15) is 13.2 Å². The number of halogens is 4.